The van der Waals surface area contributed by atoms with E-state index in [1.807, 2.05) is 12.1 Å². The topological polar surface area (TPSA) is 67.2 Å². The Balaban J connectivity index is 2.07. The fraction of sp³-hybridized carbons (Fsp3) is 0.167. The molecule has 0 saturated carbocycles. The van der Waals surface area contributed by atoms with Gasteiger partial charge < -0.3 is 10.4 Å². The van der Waals surface area contributed by atoms with E-state index in [0.29, 0.717) is 16.4 Å². The zero-order chi connectivity index (χ0) is 12.7. The van der Waals surface area contributed by atoms with Crippen molar-refractivity contribution in [3.05, 3.63) is 41.0 Å². The Morgan fingerprint density at radius 1 is 1.39 bits per heavy atom. The number of rotatable bonds is 1. The van der Waals surface area contributed by atoms with E-state index in [2.05, 4.69) is 10.4 Å². The minimum Gasteiger partial charge on any atom is -0.370 e. The molecule has 18 heavy (non-hydrogen) atoms. The molecule has 2 heterocycles. The number of fused-ring (bicyclic) bond motifs is 1. The average molecular weight is 264 g/mol. The van der Waals surface area contributed by atoms with Gasteiger partial charge >= 0.3 is 0 Å². The highest BCUT2D eigenvalue weighted by Gasteiger charge is 2.25. The van der Waals surface area contributed by atoms with Crippen LogP contribution >= 0.6 is 11.6 Å². The summed E-state index contributed by atoms with van der Waals surface area (Å²) in [6, 6.07) is 8.81. The molecule has 1 aliphatic heterocycles. The number of β-amino-alcohol motifs (C(OH)–C–C–N with tert-alkyl or cyclic N) is 1. The Hall–Kier alpha value is -1.85. The SMILES string of the molecule is O=C1NC[C@@H](O)n2nc(-c3ccc(Cl)cc3)cc21. The number of aliphatic hydroxyl groups excluding tert-OH is 1. The summed E-state index contributed by atoms with van der Waals surface area (Å²) >= 11 is 5.82. The van der Waals surface area contributed by atoms with Crippen molar-refractivity contribution in [3.63, 3.8) is 0 Å². The lowest BCUT2D eigenvalue weighted by molar-refractivity contribution is 0.0594. The third kappa shape index (κ3) is 1.77. The van der Waals surface area contributed by atoms with Gasteiger partial charge in [0.1, 0.15) is 5.69 Å². The van der Waals surface area contributed by atoms with Gasteiger partial charge in [-0.3, -0.25) is 4.79 Å². The molecule has 0 fully saturated rings. The molecule has 6 heteroatoms. The predicted octanol–water partition coefficient (Wildman–Crippen LogP) is 1.44. The normalized spacial score (nSPS) is 18.3. The quantitative estimate of drug-likeness (QED) is 0.818. The van der Waals surface area contributed by atoms with Crippen molar-refractivity contribution >= 4 is 17.5 Å². The number of carbonyl (C=O) groups excluding carboxylic acids is 1. The minimum absolute atomic E-state index is 0.174. The predicted molar refractivity (Wildman–Crippen MR) is 66.3 cm³/mol. The lowest BCUT2D eigenvalue weighted by Gasteiger charge is -2.19. The minimum atomic E-state index is -0.821. The van der Waals surface area contributed by atoms with Crippen LogP contribution in [0.1, 0.15) is 16.7 Å². The molecule has 0 radical (unpaired) electrons. The molecule has 0 unspecified atom stereocenters. The molecule has 0 saturated heterocycles. The number of hydrogen-bond acceptors (Lipinski definition) is 3. The molecular weight excluding hydrogens is 254 g/mol. The second-order valence-electron chi connectivity index (χ2n) is 4.06. The number of nitrogens with zero attached hydrogens (tertiary/aromatic N) is 2. The molecule has 2 aromatic rings. The molecule has 0 aliphatic carbocycles. The van der Waals surface area contributed by atoms with E-state index in [-0.39, 0.29) is 12.5 Å². The smallest absolute Gasteiger partial charge is 0.269 e. The van der Waals surface area contributed by atoms with Gasteiger partial charge in [0, 0.05) is 10.6 Å². The van der Waals surface area contributed by atoms with E-state index in [4.69, 9.17) is 11.6 Å². The van der Waals surface area contributed by atoms with Gasteiger partial charge in [0.15, 0.2) is 6.23 Å². The molecule has 1 atom stereocenters. The molecular formula is C12H10ClN3O2. The van der Waals surface area contributed by atoms with Crippen LogP contribution in [0.15, 0.2) is 30.3 Å². The molecule has 1 aromatic carbocycles. The number of aliphatic hydroxyl groups is 1. The Bertz CT molecular complexity index is 606. The fourth-order valence-electron chi connectivity index (χ4n) is 1.91. The molecule has 92 valence electrons. The van der Waals surface area contributed by atoms with E-state index >= 15 is 0 Å². The summed E-state index contributed by atoms with van der Waals surface area (Å²) in [5.74, 6) is -0.229. The fourth-order valence-corrected chi connectivity index (χ4v) is 2.04. The third-order valence-corrected chi connectivity index (χ3v) is 3.09. The largest absolute Gasteiger partial charge is 0.370 e. The highest BCUT2D eigenvalue weighted by Crippen LogP contribution is 2.23. The van der Waals surface area contributed by atoms with Gasteiger partial charge in [-0.2, -0.15) is 5.10 Å². The summed E-state index contributed by atoms with van der Waals surface area (Å²) in [4.78, 5) is 11.6. The summed E-state index contributed by atoms with van der Waals surface area (Å²) in [6.45, 7) is 0.174. The Kier molecular flexibility index (Phi) is 2.57. The number of carbonyl (C=O) groups is 1. The third-order valence-electron chi connectivity index (χ3n) is 2.84. The van der Waals surface area contributed by atoms with Gasteiger partial charge in [0.25, 0.3) is 5.91 Å². The number of nitrogens with one attached hydrogen (secondary N) is 1. The van der Waals surface area contributed by atoms with Crippen LogP contribution in [-0.2, 0) is 0 Å². The number of aromatic nitrogens is 2. The first-order valence-electron chi connectivity index (χ1n) is 5.47. The standard InChI is InChI=1S/C12H10ClN3O2/c13-8-3-1-7(2-4-8)9-5-10-12(18)14-6-11(17)16(10)15-9/h1-5,11,17H,6H2,(H,14,18)/t11-/m1/s1. The lowest BCUT2D eigenvalue weighted by atomic mass is 10.1. The van der Waals surface area contributed by atoms with Crippen LogP contribution in [0.3, 0.4) is 0 Å². The van der Waals surface area contributed by atoms with Crippen molar-refractivity contribution in [1.82, 2.24) is 15.1 Å². The van der Waals surface area contributed by atoms with Gasteiger partial charge in [-0.1, -0.05) is 23.7 Å². The maximum atomic E-state index is 11.6. The van der Waals surface area contributed by atoms with Crippen LogP contribution in [0, 0.1) is 0 Å². The number of amides is 1. The van der Waals surface area contributed by atoms with Gasteiger partial charge in [-0.25, -0.2) is 4.68 Å². The highest BCUT2D eigenvalue weighted by molar-refractivity contribution is 6.30. The van der Waals surface area contributed by atoms with Crippen molar-refractivity contribution in [3.8, 4) is 11.3 Å². The number of benzene rings is 1. The summed E-state index contributed by atoms with van der Waals surface area (Å²) in [7, 11) is 0. The number of halogens is 1. The van der Waals surface area contributed by atoms with Crippen LogP contribution in [0.5, 0.6) is 0 Å². The first-order chi connectivity index (χ1) is 8.65. The lowest BCUT2D eigenvalue weighted by Crippen LogP contribution is -2.39. The van der Waals surface area contributed by atoms with Gasteiger partial charge in [0.2, 0.25) is 0 Å². The van der Waals surface area contributed by atoms with Crippen molar-refractivity contribution in [2.24, 2.45) is 0 Å². The highest BCUT2D eigenvalue weighted by atomic mass is 35.5. The van der Waals surface area contributed by atoms with Crippen LogP contribution < -0.4 is 5.32 Å². The van der Waals surface area contributed by atoms with Crippen molar-refractivity contribution in [2.45, 2.75) is 6.23 Å². The Morgan fingerprint density at radius 2 is 2.11 bits per heavy atom. The summed E-state index contributed by atoms with van der Waals surface area (Å²) in [5, 5.41) is 17.2. The van der Waals surface area contributed by atoms with Crippen molar-refractivity contribution in [1.29, 1.82) is 0 Å². The van der Waals surface area contributed by atoms with Gasteiger partial charge in [-0.15, -0.1) is 0 Å². The monoisotopic (exact) mass is 263 g/mol. The van der Waals surface area contributed by atoms with E-state index < -0.39 is 6.23 Å². The van der Waals surface area contributed by atoms with Crippen LogP contribution in [0.2, 0.25) is 5.02 Å². The van der Waals surface area contributed by atoms with E-state index in [0.717, 1.165) is 5.56 Å². The first-order valence-corrected chi connectivity index (χ1v) is 5.85. The summed E-state index contributed by atoms with van der Waals surface area (Å²) in [6.07, 6.45) is -0.821. The van der Waals surface area contributed by atoms with E-state index in [1.54, 1.807) is 18.2 Å². The molecule has 5 nitrogen and oxygen atoms in total. The van der Waals surface area contributed by atoms with Gasteiger partial charge in [0.05, 0.1) is 12.2 Å². The molecule has 1 aromatic heterocycles. The Morgan fingerprint density at radius 3 is 2.78 bits per heavy atom. The Labute approximate surface area is 108 Å². The van der Waals surface area contributed by atoms with Crippen LogP contribution in [-0.4, -0.2) is 27.3 Å². The molecule has 0 spiro atoms. The zero-order valence-electron chi connectivity index (χ0n) is 9.30. The van der Waals surface area contributed by atoms with E-state index in [9.17, 15) is 9.90 Å². The molecule has 3 rings (SSSR count). The number of hydrogen-bond donors (Lipinski definition) is 2. The van der Waals surface area contributed by atoms with Crippen molar-refractivity contribution < 1.29 is 9.90 Å². The first kappa shape index (κ1) is 11.3. The second kappa shape index (κ2) is 4.12. The zero-order valence-corrected chi connectivity index (χ0v) is 10.1. The summed E-state index contributed by atoms with van der Waals surface area (Å²) < 4.78 is 1.34. The molecule has 1 aliphatic rings. The van der Waals surface area contributed by atoms with Crippen LogP contribution in [0.25, 0.3) is 11.3 Å². The molecule has 1 amide bonds. The van der Waals surface area contributed by atoms with E-state index in [1.165, 1.54) is 4.68 Å². The average Bonchev–Trinajstić information content (AvgIpc) is 2.81. The second-order valence-corrected chi connectivity index (χ2v) is 4.49. The summed E-state index contributed by atoms with van der Waals surface area (Å²) in [5.41, 5.74) is 1.85. The maximum Gasteiger partial charge on any atom is 0.269 e. The van der Waals surface area contributed by atoms with Crippen LogP contribution in [0.4, 0.5) is 0 Å². The molecule has 0 bridgehead atoms. The van der Waals surface area contributed by atoms with Gasteiger partial charge in [-0.05, 0) is 18.2 Å². The maximum absolute atomic E-state index is 11.6. The molecule has 2 N–H and O–H groups in total. The van der Waals surface area contributed by atoms with Crippen molar-refractivity contribution in [2.75, 3.05) is 6.54 Å².